The summed E-state index contributed by atoms with van der Waals surface area (Å²) in [5.41, 5.74) is 3.41. The average molecular weight is 416 g/mol. The molecular formula is C22H16N4O5. The summed E-state index contributed by atoms with van der Waals surface area (Å²) in [6, 6.07) is 17.9. The maximum atomic E-state index is 12.8. The number of nitrogens with zero attached hydrogens (tertiary/aromatic N) is 3. The van der Waals surface area contributed by atoms with Crippen molar-refractivity contribution in [2.45, 2.75) is 6.54 Å². The highest BCUT2D eigenvalue weighted by molar-refractivity contribution is 5.95. The number of pyridine rings is 1. The van der Waals surface area contributed by atoms with E-state index < -0.39 is 22.3 Å². The number of amides is 1. The van der Waals surface area contributed by atoms with Crippen LogP contribution in [0.4, 0.5) is 5.69 Å². The molecule has 0 fully saturated rings. The van der Waals surface area contributed by atoms with E-state index in [9.17, 15) is 24.8 Å². The normalized spacial score (nSPS) is 11.2. The zero-order valence-corrected chi connectivity index (χ0v) is 16.1. The number of hydrazone groups is 1. The Labute approximate surface area is 175 Å². The molecule has 0 aliphatic rings. The van der Waals surface area contributed by atoms with Gasteiger partial charge in [0.15, 0.2) is 11.2 Å². The van der Waals surface area contributed by atoms with Crippen molar-refractivity contribution in [3.63, 3.8) is 0 Å². The highest BCUT2D eigenvalue weighted by atomic mass is 16.6. The lowest BCUT2D eigenvalue weighted by molar-refractivity contribution is -0.385. The van der Waals surface area contributed by atoms with E-state index in [4.69, 9.17) is 0 Å². The summed E-state index contributed by atoms with van der Waals surface area (Å²) in [6.07, 6.45) is 1.24. The molecule has 1 heterocycles. The number of carbonyl (C=O) groups excluding carboxylic acids is 1. The zero-order valence-electron chi connectivity index (χ0n) is 16.1. The SMILES string of the molecule is O=C(Cn1c2ccccc2c(=O)c2ccccc21)N/N=C\c1ccc(O)c([N+](=O)[O-])c1. The van der Waals surface area contributed by atoms with E-state index in [1.54, 1.807) is 53.1 Å². The molecule has 0 atom stereocenters. The number of fused-ring (bicyclic) bond motifs is 2. The number of phenolic OH excluding ortho intramolecular Hbond substituents is 1. The van der Waals surface area contributed by atoms with E-state index in [1.165, 1.54) is 18.3 Å². The summed E-state index contributed by atoms with van der Waals surface area (Å²) < 4.78 is 1.74. The molecule has 3 aromatic carbocycles. The van der Waals surface area contributed by atoms with Crippen LogP contribution in [-0.2, 0) is 11.3 Å². The Morgan fingerprint density at radius 3 is 2.29 bits per heavy atom. The Balaban J connectivity index is 1.61. The van der Waals surface area contributed by atoms with E-state index >= 15 is 0 Å². The van der Waals surface area contributed by atoms with Gasteiger partial charge < -0.3 is 9.67 Å². The fourth-order valence-corrected chi connectivity index (χ4v) is 3.37. The van der Waals surface area contributed by atoms with Crippen LogP contribution in [0, 0.1) is 10.1 Å². The van der Waals surface area contributed by atoms with Gasteiger partial charge in [-0.3, -0.25) is 19.7 Å². The summed E-state index contributed by atoms with van der Waals surface area (Å²) in [5, 5.41) is 25.3. The quantitative estimate of drug-likeness (QED) is 0.224. The van der Waals surface area contributed by atoms with Crippen molar-refractivity contribution in [3.05, 3.63) is 92.6 Å². The van der Waals surface area contributed by atoms with Crippen molar-refractivity contribution in [1.82, 2.24) is 9.99 Å². The van der Waals surface area contributed by atoms with Crippen LogP contribution in [0.2, 0.25) is 0 Å². The zero-order chi connectivity index (χ0) is 22.0. The van der Waals surface area contributed by atoms with Crippen molar-refractivity contribution in [1.29, 1.82) is 0 Å². The first-order valence-corrected chi connectivity index (χ1v) is 9.25. The number of hydrogen-bond acceptors (Lipinski definition) is 6. The third-order valence-corrected chi connectivity index (χ3v) is 4.78. The van der Waals surface area contributed by atoms with Gasteiger partial charge in [-0.05, 0) is 36.4 Å². The molecule has 9 heteroatoms. The Kier molecular flexibility index (Phi) is 5.15. The summed E-state index contributed by atoms with van der Waals surface area (Å²) in [4.78, 5) is 35.5. The number of nitrogens with one attached hydrogen (secondary N) is 1. The molecule has 31 heavy (non-hydrogen) atoms. The van der Waals surface area contributed by atoms with Crippen LogP contribution in [0.25, 0.3) is 21.8 Å². The monoisotopic (exact) mass is 416 g/mol. The third-order valence-electron chi connectivity index (χ3n) is 4.78. The van der Waals surface area contributed by atoms with E-state index in [0.29, 0.717) is 27.4 Å². The number of aromatic hydroxyl groups is 1. The lowest BCUT2D eigenvalue weighted by atomic mass is 10.1. The first-order chi connectivity index (χ1) is 15.0. The number of phenols is 1. The van der Waals surface area contributed by atoms with Gasteiger partial charge in [0.05, 0.1) is 22.2 Å². The van der Waals surface area contributed by atoms with Crippen molar-refractivity contribution in [2.75, 3.05) is 0 Å². The molecule has 0 radical (unpaired) electrons. The molecule has 1 aromatic heterocycles. The lowest BCUT2D eigenvalue weighted by Gasteiger charge is -2.14. The van der Waals surface area contributed by atoms with E-state index in [1.807, 2.05) is 0 Å². The number of benzene rings is 3. The molecule has 2 N–H and O–H groups in total. The minimum absolute atomic E-state index is 0.0889. The number of hydrogen-bond donors (Lipinski definition) is 2. The molecule has 0 aliphatic carbocycles. The molecule has 0 aliphatic heterocycles. The number of carbonyl (C=O) groups is 1. The topological polar surface area (TPSA) is 127 Å². The highest BCUT2D eigenvalue weighted by Gasteiger charge is 2.14. The predicted octanol–water partition coefficient (Wildman–Crippen LogP) is 2.92. The molecule has 0 saturated heterocycles. The van der Waals surface area contributed by atoms with Gasteiger partial charge in [0.25, 0.3) is 5.91 Å². The molecule has 9 nitrogen and oxygen atoms in total. The minimum atomic E-state index is -0.711. The minimum Gasteiger partial charge on any atom is -0.502 e. The van der Waals surface area contributed by atoms with E-state index in [-0.39, 0.29) is 12.0 Å². The van der Waals surface area contributed by atoms with Crippen LogP contribution in [0.3, 0.4) is 0 Å². The molecule has 0 bridgehead atoms. The van der Waals surface area contributed by atoms with Gasteiger partial charge in [-0.2, -0.15) is 5.10 Å². The second kappa shape index (κ2) is 8.07. The molecule has 4 aromatic rings. The first kappa shape index (κ1) is 19.8. The maximum Gasteiger partial charge on any atom is 0.311 e. The highest BCUT2D eigenvalue weighted by Crippen LogP contribution is 2.25. The number of aromatic nitrogens is 1. The van der Waals surface area contributed by atoms with E-state index in [2.05, 4.69) is 10.5 Å². The predicted molar refractivity (Wildman–Crippen MR) is 116 cm³/mol. The average Bonchev–Trinajstić information content (AvgIpc) is 2.77. The van der Waals surface area contributed by atoms with Gasteiger partial charge in [-0.25, -0.2) is 5.43 Å². The van der Waals surface area contributed by atoms with Crippen LogP contribution in [0.1, 0.15) is 5.56 Å². The second-order valence-electron chi connectivity index (χ2n) is 6.75. The lowest BCUT2D eigenvalue weighted by Crippen LogP contribution is -2.25. The molecular weight excluding hydrogens is 400 g/mol. The number of nitro benzene ring substituents is 1. The van der Waals surface area contributed by atoms with Crippen LogP contribution in [0.15, 0.2) is 76.6 Å². The molecule has 0 saturated carbocycles. The van der Waals surface area contributed by atoms with Gasteiger partial charge in [0.1, 0.15) is 6.54 Å². The van der Waals surface area contributed by atoms with Crippen molar-refractivity contribution in [2.24, 2.45) is 5.10 Å². The van der Waals surface area contributed by atoms with Gasteiger partial charge in [0, 0.05) is 22.4 Å². The number of nitro groups is 1. The Bertz CT molecular complexity index is 1360. The van der Waals surface area contributed by atoms with Crippen molar-refractivity contribution >= 4 is 39.6 Å². The van der Waals surface area contributed by atoms with Gasteiger partial charge in [0.2, 0.25) is 0 Å². The fourth-order valence-electron chi connectivity index (χ4n) is 3.37. The maximum absolute atomic E-state index is 12.8. The summed E-state index contributed by atoms with van der Waals surface area (Å²) >= 11 is 0. The Morgan fingerprint density at radius 1 is 1.06 bits per heavy atom. The van der Waals surface area contributed by atoms with Crippen molar-refractivity contribution < 1.29 is 14.8 Å². The third kappa shape index (κ3) is 3.84. The second-order valence-corrected chi connectivity index (χ2v) is 6.75. The Hall–Kier alpha value is -4.53. The molecule has 154 valence electrons. The summed E-state index contributed by atoms with van der Waals surface area (Å²) in [6.45, 7) is -0.0889. The van der Waals surface area contributed by atoms with Gasteiger partial charge in [-0.15, -0.1) is 0 Å². The van der Waals surface area contributed by atoms with Crippen LogP contribution in [-0.4, -0.2) is 26.7 Å². The van der Waals surface area contributed by atoms with Gasteiger partial charge >= 0.3 is 5.69 Å². The van der Waals surface area contributed by atoms with Gasteiger partial charge in [-0.1, -0.05) is 24.3 Å². The van der Waals surface area contributed by atoms with Crippen LogP contribution < -0.4 is 10.9 Å². The van der Waals surface area contributed by atoms with Crippen LogP contribution in [0.5, 0.6) is 5.75 Å². The smallest absolute Gasteiger partial charge is 0.311 e. The molecule has 0 spiro atoms. The number of para-hydroxylation sites is 2. The summed E-state index contributed by atoms with van der Waals surface area (Å²) in [5.74, 6) is -0.897. The molecule has 0 unspecified atom stereocenters. The number of rotatable bonds is 5. The van der Waals surface area contributed by atoms with Crippen molar-refractivity contribution in [3.8, 4) is 5.75 Å². The fraction of sp³-hybridized carbons (Fsp3) is 0.0455. The molecule has 1 amide bonds. The van der Waals surface area contributed by atoms with E-state index in [0.717, 1.165) is 6.07 Å². The summed E-state index contributed by atoms with van der Waals surface area (Å²) in [7, 11) is 0. The largest absolute Gasteiger partial charge is 0.502 e. The Morgan fingerprint density at radius 2 is 1.68 bits per heavy atom. The molecule has 4 rings (SSSR count). The van der Waals surface area contributed by atoms with Crippen LogP contribution >= 0.6 is 0 Å². The standard InChI is InChI=1S/C22H16N4O5/c27-20-10-9-14(11-19(20)26(30)31)12-23-24-21(28)13-25-17-7-3-1-5-15(17)22(29)16-6-2-4-8-18(16)25/h1-12,27H,13H2,(H,24,28)/b23-12-. The first-order valence-electron chi connectivity index (χ1n) is 9.25.